The van der Waals surface area contributed by atoms with Crippen LogP contribution in [0.2, 0.25) is 0 Å². The molecule has 2 rings (SSSR count). The minimum Gasteiger partial charge on any atom is -0.295 e. The first-order valence-electron chi connectivity index (χ1n) is 6.61. The molecule has 0 spiro atoms. The average Bonchev–Trinajstić information content (AvgIpc) is 3.10. The van der Waals surface area contributed by atoms with Crippen LogP contribution in [0.4, 0.5) is 0 Å². The summed E-state index contributed by atoms with van der Waals surface area (Å²) in [4.78, 5) is 2.60. The van der Waals surface area contributed by atoms with E-state index in [1.165, 1.54) is 41.7 Å². The fourth-order valence-electron chi connectivity index (χ4n) is 2.30. The Morgan fingerprint density at radius 2 is 2.12 bits per heavy atom. The van der Waals surface area contributed by atoms with Crippen LogP contribution >= 0.6 is 15.9 Å². The van der Waals surface area contributed by atoms with Crippen LogP contribution in [-0.4, -0.2) is 27.3 Å². The minimum atomic E-state index is 0.821. The molecule has 1 aromatic rings. The molecule has 0 unspecified atom stereocenters. The highest BCUT2D eigenvalue weighted by Crippen LogP contribution is 2.30. The Bertz CT molecular complexity index is 382. The maximum atomic E-state index is 4.56. The van der Waals surface area contributed by atoms with Crippen LogP contribution in [0, 0.1) is 0 Å². The molecule has 1 aliphatic carbocycles. The molecule has 3 nitrogen and oxygen atoms in total. The molecule has 96 valence electrons. The second kappa shape index (κ2) is 5.53. The van der Waals surface area contributed by atoms with Crippen LogP contribution in [0.5, 0.6) is 0 Å². The molecule has 17 heavy (non-hydrogen) atoms. The SMILES string of the molecule is CCCN(Cc1c(Br)c(CC)nn1C)C1CC1. The summed E-state index contributed by atoms with van der Waals surface area (Å²) in [5.74, 6) is 0. The van der Waals surface area contributed by atoms with Crippen molar-refractivity contribution in [2.24, 2.45) is 7.05 Å². The summed E-state index contributed by atoms with van der Waals surface area (Å²) in [6.45, 7) is 6.64. The Balaban J connectivity index is 2.13. The summed E-state index contributed by atoms with van der Waals surface area (Å²) in [6, 6.07) is 0.821. The molecule has 1 aliphatic rings. The van der Waals surface area contributed by atoms with Gasteiger partial charge in [-0.2, -0.15) is 5.10 Å². The van der Waals surface area contributed by atoms with Crippen molar-refractivity contribution in [1.29, 1.82) is 0 Å². The van der Waals surface area contributed by atoms with E-state index >= 15 is 0 Å². The standard InChI is InChI=1S/C13H22BrN3/c1-4-8-17(10-6-7-10)9-12-13(14)11(5-2)15-16(12)3/h10H,4-9H2,1-3H3. The zero-order valence-corrected chi connectivity index (χ0v) is 12.6. The molecule has 0 atom stereocenters. The molecule has 1 fully saturated rings. The Morgan fingerprint density at radius 3 is 2.59 bits per heavy atom. The Kier molecular flexibility index (Phi) is 4.26. The quantitative estimate of drug-likeness (QED) is 0.805. The molecule has 1 saturated carbocycles. The lowest BCUT2D eigenvalue weighted by Crippen LogP contribution is -2.27. The van der Waals surface area contributed by atoms with E-state index in [1.807, 2.05) is 4.68 Å². The van der Waals surface area contributed by atoms with Gasteiger partial charge in [0.05, 0.1) is 15.9 Å². The van der Waals surface area contributed by atoms with Gasteiger partial charge < -0.3 is 0 Å². The van der Waals surface area contributed by atoms with E-state index in [-0.39, 0.29) is 0 Å². The number of rotatable bonds is 6. The largest absolute Gasteiger partial charge is 0.295 e. The van der Waals surface area contributed by atoms with Gasteiger partial charge in [-0.05, 0) is 48.2 Å². The Labute approximate surface area is 112 Å². The molecular formula is C13H22BrN3. The van der Waals surface area contributed by atoms with Gasteiger partial charge in [0, 0.05) is 19.6 Å². The van der Waals surface area contributed by atoms with Crippen molar-refractivity contribution < 1.29 is 0 Å². The van der Waals surface area contributed by atoms with Crippen molar-refractivity contribution in [1.82, 2.24) is 14.7 Å². The molecule has 0 bridgehead atoms. The predicted octanol–water partition coefficient (Wildman–Crippen LogP) is 3.12. The van der Waals surface area contributed by atoms with Crippen molar-refractivity contribution in [2.45, 2.75) is 52.1 Å². The summed E-state index contributed by atoms with van der Waals surface area (Å²) in [6.07, 6.45) is 4.96. The van der Waals surface area contributed by atoms with Gasteiger partial charge in [0.25, 0.3) is 0 Å². The van der Waals surface area contributed by atoms with Crippen LogP contribution in [0.25, 0.3) is 0 Å². The molecule has 0 radical (unpaired) electrons. The molecule has 0 aliphatic heterocycles. The van der Waals surface area contributed by atoms with E-state index in [9.17, 15) is 0 Å². The zero-order valence-electron chi connectivity index (χ0n) is 11.0. The first kappa shape index (κ1) is 13.1. The first-order valence-corrected chi connectivity index (χ1v) is 7.40. The summed E-state index contributed by atoms with van der Waals surface area (Å²) < 4.78 is 3.25. The molecular weight excluding hydrogens is 278 g/mol. The highest BCUT2D eigenvalue weighted by atomic mass is 79.9. The van der Waals surface area contributed by atoms with Gasteiger partial charge in [0.1, 0.15) is 0 Å². The lowest BCUT2D eigenvalue weighted by molar-refractivity contribution is 0.248. The van der Waals surface area contributed by atoms with Gasteiger partial charge in [0.15, 0.2) is 0 Å². The van der Waals surface area contributed by atoms with Crippen LogP contribution < -0.4 is 0 Å². The number of aromatic nitrogens is 2. The van der Waals surface area contributed by atoms with E-state index in [0.717, 1.165) is 19.0 Å². The molecule has 0 aromatic carbocycles. The van der Waals surface area contributed by atoms with Crippen molar-refractivity contribution in [3.63, 3.8) is 0 Å². The first-order chi connectivity index (χ1) is 8.17. The summed E-state index contributed by atoms with van der Waals surface area (Å²) in [7, 11) is 2.05. The molecule has 4 heteroatoms. The third kappa shape index (κ3) is 2.91. The highest BCUT2D eigenvalue weighted by Gasteiger charge is 2.29. The van der Waals surface area contributed by atoms with Crippen molar-refractivity contribution >= 4 is 15.9 Å². The Hall–Kier alpha value is -0.350. The maximum absolute atomic E-state index is 4.56. The molecule has 1 heterocycles. The smallest absolute Gasteiger partial charge is 0.0767 e. The van der Waals surface area contributed by atoms with Crippen molar-refractivity contribution in [3.8, 4) is 0 Å². The van der Waals surface area contributed by atoms with E-state index < -0.39 is 0 Å². The number of aryl methyl sites for hydroxylation is 2. The van der Waals surface area contributed by atoms with E-state index in [1.54, 1.807) is 0 Å². The number of halogens is 1. The van der Waals surface area contributed by atoms with E-state index in [2.05, 4.69) is 46.8 Å². The lowest BCUT2D eigenvalue weighted by Gasteiger charge is -2.21. The van der Waals surface area contributed by atoms with Gasteiger partial charge in [-0.25, -0.2) is 0 Å². The van der Waals surface area contributed by atoms with Gasteiger partial charge in [0.2, 0.25) is 0 Å². The fourth-order valence-corrected chi connectivity index (χ4v) is 3.04. The van der Waals surface area contributed by atoms with Crippen molar-refractivity contribution in [3.05, 3.63) is 15.9 Å². The van der Waals surface area contributed by atoms with E-state index in [4.69, 9.17) is 0 Å². The van der Waals surface area contributed by atoms with E-state index in [0.29, 0.717) is 0 Å². The molecule has 1 aromatic heterocycles. The second-order valence-electron chi connectivity index (χ2n) is 4.89. The molecule has 0 amide bonds. The number of hydrogen-bond donors (Lipinski definition) is 0. The van der Waals surface area contributed by atoms with Gasteiger partial charge in [-0.3, -0.25) is 9.58 Å². The van der Waals surface area contributed by atoms with Crippen LogP contribution in [0.1, 0.15) is 44.5 Å². The lowest BCUT2D eigenvalue weighted by atomic mass is 10.2. The third-order valence-corrected chi connectivity index (χ3v) is 4.35. The fraction of sp³-hybridized carbons (Fsp3) is 0.769. The molecule has 0 saturated heterocycles. The summed E-state index contributed by atoms with van der Waals surface area (Å²) in [5, 5.41) is 4.56. The van der Waals surface area contributed by atoms with Crippen LogP contribution in [0.15, 0.2) is 4.47 Å². The topological polar surface area (TPSA) is 21.1 Å². The molecule has 0 N–H and O–H groups in total. The minimum absolute atomic E-state index is 0.821. The predicted molar refractivity (Wildman–Crippen MR) is 74.0 cm³/mol. The summed E-state index contributed by atoms with van der Waals surface area (Å²) in [5.41, 5.74) is 2.50. The van der Waals surface area contributed by atoms with Crippen molar-refractivity contribution in [2.75, 3.05) is 6.54 Å². The van der Waals surface area contributed by atoms with Crippen LogP contribution in [0.3, 0.4) is 0 Å². The van der Waals surface area contributed by atoms with Gasteiger partial charge in [-0.15, -0.1) is 0 Å². The average molecular weight is 300 g/mol. The normalized spacial score (nSPS) is 15.8. The second-order valence-corrected chi connectivity index (χ2v) is 5.68. The number of nitrogens with zero attached hydrogens (tertiary/aromatic N) is 3. The van der Waals surface area contributed by atoms with Gasteiger partial charge >= 0.3 is 0 Å². The zero-order chi connectivity index (χ0) is 12.4. The maximum Gasteiger partial charge on any atom is 0.0767 e. The monoisotopic (exact) mass is 299 g/mol. The highest BCUT2D eigenvalue weighted by molar-refractivity contribution is 9.10. The van der Waals surface area contributed by atoms with Gasteiger partial charge in [-0.1, -0.05) is 13.8 Å². The Morgan fingerprint density at radius 1 is 1.41 bits per heavy atom. The summed E-state index contributed by atoms with van der Waals surface area (Å²) >= 11 is 3.70. The number of hydrogen-bond acceptors (Lipinski definition) is 2. The third-order valence-electron chi connectivity index (χ3n) is 3.43. The van der Waals surface area contributed by atoms with Crippen LogP contribution in [-0.2, 0) is 20.0 Å².